The summed E-state index contributed by atoms with van der Waals surface area (Å²) in [5, 5.41) is 0. The topological polar surface area (TPSA) is 83.1 Å². The smallest absolute Gasteiger partial charge is 0.185 e. The summed E-state index contributed by atoms with van der Waals surface area (Å²) in [6, 6.07) is 94.2. The van der Waals surface area contributed by atoms with Gasteiger partial charge in [-0.25, -0.2) is 0 Å². The maximum absolute atomic E-state index is 7.20. The molecule has 0 bridgehead atoms. The number of benzene rings is 12. The van der Waals surface area contributed by atoms with E-state index in [-0.39, 0.29) is 0 Å². The van der Waals surface area contributed by atoms with Crippen LogP contribution in [0.5, 0.6) is 40.2 Å². The van der Waals surface area contributed by atoms with Crippen LogP contribution in [-0.2, 0) is 26.3 Å². The first-order valence-electron chi connectivity index (χ1n) is 39.7. The van der Waals surface area contributed by atoms with E-state index >= 15 is 0 Å². The maximum Gasteiger partial charge on any atom is 0.185 e. The predicted molar refractivity (Wildman–Crippen MR) is 447 cm³/mol. The molecule has 0 spiro atoms. The fourth-order valence-corrected chi connectivity index (χ4v) is 15.5. The van der Waals surface area contributed by atoms with Crippen LogP contribution in [0, 0.1) is 41.5 Å². The first-order chi connectivity index (χ1) is 53.8. The summed E-state index contributed by atoms with van der Waals surface area (Å²) in [6.07, 6.45) is 9.54. The minimum Gasteiger partial charge on any atom is -0.494 e. The Kier molecular flexibility index (Phi) is 25.4. The van der Waals surface area contributed by atoms with Crippen LogP contribution in [0.4, 0.5) is 0 Å². The van der Waals surface area contributed by atoms with Gasteiger partial charge in [0.2, 0.25) is 0 Å². The quantitative estimate of drug-likeness (QED) is 0.0445. The van der Waals surface area contributed by atoms with Gasteiger partial charge in [-0.3, -0.25) is 0 Å². The summed E-state index contributed by atoms with van der Waals surface area (Å²) in [5.74, 6) is 6.09. The Morgan fingerprint density at radius 1 is 0.236 bits per heavy atom. The Hall–Kier alpha value is -10.8. The van der Waals surface area contributed by atoms with E-state index in [0.29, 0.717) is 39.6 Å². The molecule has 9 nitrogen and oxygen atoms in total. The van der Waals surface area contributed by atoms with Gasteiger partial charge in [-0.2, -0.15) is 0 Å². The van der Waals surface area contributed by atoms with Crippen LogP contribution in [0.15, 0.2) is 267 Å². The number of hydrogen-bond donors (Lipinski definition) is 0. The molecule has 0 radical (unpaired) electrons. The summed E-state index contributed by atoms with van der Waals surface area (Å²) in [6.45, 7) is 26.2. The van der Waals surface area contributed by atoms with Crippen molar-refractivity contribution in [2.75, 3.05) is 52.9 Å². The minimum absolute atomic E-state index is 0.508. The summed E-state index contributed by atoms with van der Waals surface area (Å²) in [5.41, 5.74) is 21.7. The van der Waals surface area contributed by atoms with Crippen molar-refractivity contribution in [2.24, 2.45) is 0 Å². The van der Waals surface area contributed by atoms with E-state index in [4.69, 9.17) is 42.6 Å². The maximum atomic E-state index is 7.20. The van der Waals surface area contributed by atoms with Gasteiger partial charge in [-0.05, 0) is 168 Å². The molecule has 564 valence electrons. The molecule has 12 aromatic rings. The van der Waals surface area contributed by atoms with Gasteiger partial charge in [0, 0.05) is 80.0 Å². The van der Waals surface area contributed by atoms with Crippen LogP contribution < -0.4 is 33.2 Å². The van der Waals surface area contributed by atoms with Gasteiger partial charge in [-0.15, -0.1) is 0 Å². The molecule has 0 atom stereocenters. The number of fused-ring (bicyclic) bond motifs is 9. The van der Waals surface area contributed by atoms with Crippen molar-refractivity contribution in [3.05, 3.63) is 350 Å². The summed E-state index contributed by atoms with van der Waals surface area (Å²) < 4.78 is 56.2. The van der Waals surface area contributed by atoms with Crippen LogP contribution >= 0.6 is 0 Å². The lowest BCUT2D eigenvalue weighted by atomic mass is 9.74. The van der Waals surface area contributed by atoms with E-state index in [2.05, 4.69) is 298 Å². The van der Waals surface area contributed by atoms with Crippen LogP contribution in [-0.4, -0.2) is 52.9 Å². The SMILES string of the molecule is CCCCCCOc1ccc(C2(c3ccc(OCCCCCC)cc3)Oc3cc(C)ccc3-c3ccc(C)cc32)cc1.CCOCCOc1ccc(C2(c3ccc(OCCOCC)cc3)Oc3cc(C)ccc3-c3ccc(C)cc32)cc1.Cc1ccc2c(c1)OC(c1ccccc1)(c1ccccc1)c1cc(C)ccc1-2. The van der Waals surface area contributed by atoms with Crippen molar-refractivity contribution in [2.45, 2.75) is 137 Å². The molecule has 0 N–H and O–H groups in total. The van der Waals surface area contributed by atoms with Crippen molar-refractivity contribution in [1.29, 1.82) is 0 Å². The zero-order chi connectivity index (χ0) is 76.5. The molecule has 0 aromatic heterocycles. The Balaban J connectivity index is 0.000000148. The molecule has 12 aromatic carbocycles. The average molecular weight is 1460 g/mol. The van der Waals surface area contributed by atoms with Gasteiger partial charge in [-0.1, -0.05) is 269 Å². The third kappa shape index (κ3) is 17.0. The van der Waals surface area contributed by atoms with Gasteiger partial charge < -0.3 is 42.6 Å². The lowest BCUT2D eigenvalue weighted by Gasteiger charge is -2.41. The van der Waals surface area contributed by atoms with Gasteiger partial charge in [0.1, 0.15) is 53.5 Å². The molecule has 9 heteroatoms. The van der Waals surface area contributed by atoms with Crippen LogP contribution in [0.2, 0.25) is 0 Å². The average Bonchev–Trinajstić information content (AvgIpc) is 0.728. The Morgan fingerprint density at radius 3 is 0.764 bits per heavy atom. The number of hydrogen-bond acceptors (Lipinski definition) is 9. The normalized spacial score (nSPS) is 13.4. The molecule has 0 amide bonds. The van der Waals surface area contributed by atoms with Crippen molar-refractivity contribution in [3.8, 4) is 73.6 Å². The lowest BCUT2D eigenvalue weighted by Crippen LogP contribution is -2.38. The highest BCUT2D eigenvalue weighted by Crippen LogP contribution is 2.56. The molecule has 3 aliphatic heterocycles. The number of aryl methyl sites for hydroxylation is 6. The van der Waals surface area contributed by atoms with E-state index in [1.807, 2.05) is 38.1 Å². The Bertz CT molecular complexity index is 4840. The van der Waals surface area contributed by atoms with Gasteiger partial charge >= 0.3 is 0 Å². The highest BCUT2D eigenvalue weighted by Gasteiger charge is 2.48. The Morgan fingerprint density at radius 2 is 0.491 bits per heavy atom. The van der Waals surface area contributed by atoms with Gasteiger partial charge in [0.15, 0.2) is 16.8 Å². The molecular formula is C101H106O9. The van der Waals surface area contributed by atoms with Gasteiger partial charge in [0.05, 0.1) is 26.4 Å². The molecule has 0 fully saturated rings. The fourth-order valence-electron chi connectivity index (χ4n) is 15.5. The zero-order valence-corrected chi connectivity index (χ0v) is 65.9. The summed E-state index contributed by atoms with van der Waals surface area (Å²) in [7, 11) is 0. The number of unbranched alkanes of at least 4 members (excludes halogenated alkanes) is 6. The van der Waals surface area contributed by atoms with Crippen LogP contribution in [0.3, 0.4) is 0 Å². The van der Waals surface area contributed by atoms with E-state index < -0.39 is 16.8 Å². The lowest BCUT2D eigenvalue weighted by molar-refractivity contribution is 0.110. The zero-order valence-electron chi connectivity index (χ0n) is 65.9. The van der Waals surface area contributed by atoms with Crippen LogP contribution in [0.1, 0.15) is 163 Å². The van der Waals surface area contributed by atoms with Crippen molar-refractivity contribution in [1.82, 2.24) is 0 Å². The standard InChI is InChI=1S/C39H46O3.C35H38O5.C27H22O/c1-5-7-9-11-25-40-33-19-15-31(16-20-33)39(32-17-21-34(22-18-32)41-26-12-10-8-6-2)37-27-29(3)13-23-35(37)36-24-14-30(4)28-38(36)42-39;1-5-36-19-21-38-29-13-9-27(10-14-29)35(28-11-15-30(16-12-28)39-22-20-37-6-2)33-23-25(3)7-17-31(33)32-18-8-26(4)24-34(32)40-35;1-19-13-15-23-24-16-14-20(2)18-26(24)28-27(25(23)17-19,21-9-5-3-6-10-21)22-11-7-4-8-12-22/h13-24,27-28H,5-12,25-26H2,1-4H3;7-18,23-24H,5-6,19-22H2,1-4H3;3-18H,1-2H3. The third-order valence-electron chi connectivity index (χ3n) is 21.1. The highest BCUT2D eigenvalue weighted by molar-refractivity contribution is 5.83. The molecule has 15 rings (SSSR count). The minimum atomic E-state index is -0.865. The first kappa shape index (κ1) is 77.3. The van der Waals surface area contributed by atoms with Crippen molar-refractivity contribution >= 4 is 0 Å². The largest absolute Gasteiger partial charge is 0.494 e. The fraction of sp³-hybridized carbons (Fsp3) is 0.287. The molecule has 0 aliphatic carbocycles. The second kappa shape index (κ2) is 36.1. The van der Waals surface area contributed by atoms with E-state index in [0.717, 1.165) is 133 Å². The molecule has 0 unspecified atom stereocenters. The number of ether oxygens (including phenoxy) is 9. The molecule has 0 saturated heterocycles. The molecular weight excluding hydrogens is 1360 g/mol. The molecule has 110 heavy (non-hydrogen) atoms. The second-order valence-corrected chi connectivity index (χ2v) is 29.2. The van der Waals surface area contributed by atoms with E-state index in [9.17, 15) is 0 Å². The van der Waals surface area contributed by atoms with E-state index in [1.165, 1.54) is 88.6 Å². The van der Waals surface area contributed by atoms with Crippen molar-refractivity contribution < 1.29 is 42.6 Å². The monoisotopic (exact) mass is 1460 g/mol. The Labute approximate surface area is 653 Å². The summed E-state index contributed by atoms with van der Waals surface area (Å²) >= 11 is 0. The van der Waals surface area contributed by atoms with Gasteiger partial charge in [0.25, 0.3) is 0 Å². The second-order valence-electron chi connectivity index (χ2n) is 29.2. The molecule has 3 heterocycles. The van der Waals surface area contributed by atoms with E-state index in [1.54, 1.807) is 0 Å². The molecule has 0 saturated carbocycles. The molecule has 3 aliphatic rings. The first-order valence-corrected chi connectivity index (χ1v) is 39.7. The summed E-state index contributed by atoms with van der Waals surface area (Å²) in [4.78, 5) is 0. The van der Waals surface area contributed by atoms with Crippen LogP contribution in [0.25, 0.3) is 33.4 Å². The highest BCUT2D eigenvalue weighted by atomic mass is 16.5. The third-order valence-corrected chi connectivity index (χ3v) is 21.1. The van der Waals surface area contributed by atoms with Crippen molar-refractivity contribution in [3.63, 3.8) is 0 Å². The number of rotatable bonds is 28. The predicted octanol–water partition coefficient (Wildman–Crippen LogP) is 24.7.